The van der Waals surface area contributed by atoms with Gasteiger partial charge in [-0.1, -0.05) is 25.8 Å². The van der Waals surface area contributed by atoms with Crippen molar-refractivity contribution in [1.29, 1.82) is 0 Å². The molecular weight excluding hydrogens is 246 g/mol. The van der Waals surface area contributed by atoms with E-state index in [0.717, 1.165) is 17.7 Å². The number of hydrogen-bond donors (Lipinski definition) is 0. The van der Waals surface area contributed by atoms with E-state index in [1.807, 2.05) is 6.92 Å². The van der Waals surface area contributed by atoms with Crippen molar-refractivity contribution in [1.82, 2.24) is 4.90 Å². The summed E-state index contributed by atoms with van der Waals surface area (Å²) < 4.78 is 0. The number of benzene rings is 1. The first kappa shape index (κ1) is 15.2. The van der Waals surface area contributed by atoms with Crippen molar-refractivity contribution in [2.24, 2.45) is 0 Å². The van der Waals surface area contributed by atoms with Crippen molar-refractivity contribution in [3.63, 3.8) is 0 Å². The van der Waals surface area contributed by atoms with Gasteiger partial charge in [-0.25, -0.2) is 0 Å². The Morgan fingerprint density at radius 3 is 2.30 bits per heavy atom. The topological polar surface area (TPSA) is 20.3 Å². The van der Waals surface area contributed by atoms with E-state index >= 15 is 0 Å². The van der Waals surface area contributed by atoms with E-state index in [1.54, 1.807) is 0 Å². The monoisotopic (exact) mass is 273 g/mol. The van der Waals surface area contributed by atoms with Crippen molar-refractivity contribution in [3.05, 3.63) is 34.4 Å². The summed E-state index contributed by atoms with van der Waals surface area (Å²) in [6.07, 6.45) is 5.15. The third-order valence-electron chi connectivity index (χ3n) is 4.74. The Bertz CT molecular complexity index is 486. The molecule has 110 valence electrons. The van der Waals surface area contributed by atoms with Crippen molar-refractivity contribution in [2.45, 2.75) is 59.4 Å². The van der Waals surface area contributed by atoms with Crippen LogP contribution in [0.5, 0.6) is 0 Å². The zero-order valence-corrected chi connectivity index (χ0v) is 13.3. The second-order valence-corrected chi connectivity index (χ2v) is 6.18. The van der Waals surface area contributed by atoms with Crippen molar-refractivity contribution in [3.8, 4) is 0 Å². The minimum absolute atomic E-state index is 0.277. The van der Waals surface area contributed by atoms with Gasteiger partial charge in [0.25, 0.3) is 0 Å². The molecule has 0 atom stereocenters. The first-order valence-corrected chi connectivity index (χ1v) is 7.88. The van der Waals surface area contributed by atoms with Crippen LogP contribution in [0.3, 0.4) is 0 Å². The maximum atomic E-state index is 12.6. The number of hydrogen-bond acceptors (Lipinski definition) is 2. The highest BCUT2D eigenvalue weighted by atomic mass is 16.1. The standard InChI is InChI=1S/C18H27NO/c1-5-19(16-8-6-7-9-16)12-18(20)17-11-14(3)13(2)10-15(17)4/h10-11,16H,5-9,12H2,1-4H3. The van der Waals surface area contributed by atoms with Crippen LogP contribution in [0.1, 0.15) is 59.7 Å². The molecule has 0 bridgehead atoms. The zero-order valence-electron chi connectivity index (χ0n) is 13.3. The fraction of sp³-hybridized carbons (Fsp3) is 0.611. The molecule has 0 aliphatic heterocycles. The average Bonchev–Trinajstić information content (AvgIpc) is 2.93. The molecule has 1 aromatic carbocycles. The van der Waals surface area contributed by atoms with Gasteiger partial charge in [-0.05, 0) is 62.9 Å². The van der Waals surface area contributed by atoms with Crippen LogP contribution in [0, 0.1) is 20.8 Å². The van der Waals surface area contributed by atoms with Gasteiger partial charge < -0.3 is 0 Å². The smallest absolute Gasteiger partial charge is 0.177 e. The first-order chi connectivity index (χ1) is 9.52. The van der Waals surface area contributed by atoms with Crippen LogP contribution in [-0.4, -0.2) is 29.8 Å². The molecule has 0 radical (unpaired) electrons. The van der Waals surface area contributed by atoms with Crippen LogP contribution in [-0.2, 0) is 0 Å². The predicted octanol–water partition coefficient (Wildman–Crippen LogP) is 4.06. The first-order valence-electron chi connectivity index (χ1n) is 7.88. The summed E-state index contributed by atoms with van der Waals surface area (Å²) in [5, 5.41) is 0. The molecule has 0 unspecified atom stereocenters. The number of carbonyl (C=O) groups is 1. The largest absolute Gasteiger partial charge is 0.293 e. The van der Waals surface area contributed by atoms with Gasteiger partial charge >= 0.3 is 0 Å². The van der Waals surface area contributed by atoms with Gasteiger partial charge in [-0.3, -0.25) is 9.69 Å². The second-order valence-electron chi connectivity index (χ2n) is 6.18. The molecule has 2 nitrogen and oxygen atoms in total. The average molecular weight is 273 g/mol. The maximum absolute atomic E-state index is 12.6. The molecular formula is C18H27NO. The molecule has 1 aromatic rings. The van der Waals surface area contributed by atoms with Crippen LogP contribution >= 0.6 is 0 Å². The molecule has 20 heavy (non-hydrogen) atoms. The number of nitrogens with zero attached hydrogens (tertiary/aromatic N) is 1. The molecule has 1 aliphatic rings. The lowest BCUT2D eigenvalue weighted by Gasteiger charge is -2.26. The molecule has 0 amide bonds. The SMILES string of the molecule is CCN(CC(=O)c1cc(C)c(C)cc1C)C1CCCC1. The highest BCUT2D eigenvalue weighted by molar-refractivity contribution is 5.99. The third kappa shape index (κ3) is 3.29. The Balaban J connectivity index is 2.12. The Labute approximate surface area is 123 Å². The van der Waals surface area contributed by atoms with E-state index in [0.29, 0.717) is 12.6 Å². The Morgan fingerprint density at radius 2 is 1.70 bits per heavy atom. The molecule has 0 saturated heterocycles. The Hall–Kier alpha value is -1.15. The summed E-state index contributed by atoms with van der Waals surface area (Å²) in [5.41, 5.74) is 4.50. The van der Waals surface area contributed by atoms with E-state index < -0.39 is 0 Å². The predicted molar refractivity (Wildman–Crippen MR) is 84.5 cm³/mol. The van der Waals surface area contributed by atoms with Crippen LogP contribution in [0.25, 0.3) is 0 Å². The highest BCUT2D eigenvalue weighted by Crippen LogP contribution is 2.24. The van der Waals surface area contributed by atoms with E-state index in [4.69, 9.17) is 0 Å². The maximum Gasteiger partial charge on any atom is 0.177 e. The van der Waals surface area contributed by atoms with Gasteiger partial charge in [-0.15, -0.1) is 0 Å². The van der Waals surface area contributed by atoms with Crippen LogP contribution < -0.4 is 0 Å². The van der Waals surface area contributed by atoms with Gasteiger partial charge in [-0.2, -0.15) is 0 Å². The summed E-state index contributed by atoms with van der Waals surface area (Å²) >= 11 is 0. The van der Waals surface area contributed by atoms with E-state index in [9.17, 15) is 4.79 Å². The minimum atomic E-state index is 0.277. The molecule has 2 rings (SSSR count). The van der Waals surface area contributed by atoms with Crippen molar-refractivity contribution < 1.29 is 4.79 Å². The van der Waals surface area contributed by atoms with Gasteiger partial charge in [0.05, 0.1) is 6.54 Å². The zero-order chi connectivity index (χ0) is 14.7. The lowest BCUT2D eigenvalue weighted by Crippen LogP contribution is -2.37. The summed E-state index contributed by atoms with van der Waals surface area (Å²) in [6, 6.07) is 4.82. The highest BCUT2D eigenvalue weighted by Gasteiger charge is 2.24. The molecule has 0 spiro atoms. The van der Waals surface area contributed by atoms with Crippen molar-refractivity contribution in [2.75, 3.05) is 13.1 Å². The number of carbonyl (C=O) groups excluding carboxylic acids is 1. The summed E-state index contributed by atoms with van der Waals surface area (Å²) in [6.45, 7) is 9.95. The molecule has 0 heterocycles. The second kappa shape index (κ2) is 6.53. The van der Waals surface area contributed by atoms with E-state index in [-0.39, 0.29) is 5.78 Å². The van der Waals surface area contributed by atoms with Gasteiger partial charge in [0.2, 0.25) is 0 Å². The summed E-state index contributed by atoms with van der Waals surface area (Å²) in [7, 11) is 0. The number of Topliss-reactive ketones (excluding diaryl/α,β-unsaturated/α-hetero) is 1. The van der Waals surface area contributed by atoms with Crippen LogP contribution in [0.2, 0.25) is 0 Å². The van der Waals surface area contributed by atoms with Gasteiger partial charge in [0.1, 0.15) is 0 Å². The number of rotatable bonds is 5. The number of aryl methyl sites for hydroxylation is 3. The molecule has 1 fully saturated rings. The van der Waals surface area contributed by atoms with Crippen LogP contribution in [0.15, 0.2) is 12.1 Å². The number of likely N-dealkylation sites (N-methyl/N-ethyl adjacent to an activating group) is 1. The quantitative estimate of drug-likeness (QED) is 0.754. The van der Waals surface area contributed by atoms with Gasteiger partial charge in [0, 0.05) is 11.6 Å². The molecule has 0 N–H and O–H groups in total. The lowest BCUT2D eigenvalue weighted by molar-refractivity contribution is 0.0898. The number of ketones is 1. The van der Waals surface area contributed by atoms with Crippen LogP contribution in [0.4, 0.5) is 0 Å². The molecule has 0 aromatic heterocycles. The molecule has 1 saturated carbocycles. The summed E-state index contributed by atoms with van der Waals surface area (Å²) in [4.78, 5) is 15.0. The van der Waals surface area contributed by atoms with E-state index in [2.05, 4.69) is 37.8 Å². The lowest BCUT2D eigenvalue weighted by atomic mass is 9.97. The summed E-state index contributed by atoms with van der Waals surface area (Å²) in [5.74, 6) is 0.277. The molecule has 1 aliphatic carbocycles. The van der Waals surface area contributed by atoms with Gasteiger partial charge in [0.15, 0.2) is 5.78 Å². The Kier molecular flexibility index (Phi) is 4.98. The van der Waals surface area contributed by atoms with Crippen molar-refractivity contribution >= 4 is 5.78 Å². The van der Waals surface area contributed by atoms with E-state index in [1.165, 1.54) is 36.8 Å². The normalized spacial score (nSPS) is 16.1. The molecule has 2 heteroatoms. The minimum Gasteiger partial charge on any atom is -0.293 e. The Morgan fingerprint density at radius 1 is 1.10 bits per heavy atom. The fourth-order valence-corrected chi connectivity index (χ4v) is 3.30. The third-order valence-corrected chi connectivity index (χ3v) is 4.74. The fourth-order valence-electron chi connectivity index (χ4n) is 3.30.